The Labute approximate surface area is 122 Å². The molecule has 1 aliphatic carbocycles. The molecule has 0 amide bonds. The molecule has 112 valence electrons. The number of hydrogen-bond acceptors (Lipinski definition) is 3. The lowest BCUT2D eigenvalue weighted by Crippen LogP contribution is -2.30. The van der Waals surface area contributed by atoms with E-state index in [1.165, 1.54) is 18.4 Å². The molecule has 4 nitrogen and oxygen atoms in total. The largest absolute Gasteiger partial charge is 0.310 e. The average molecular weight is 296 g/mol. The van der Waals surface area contributed by atoms with Crippen molar-refractivity contribution >= 4 is 10.0 Å². The molecule has 0 unspecified atom stereocenters. The summed E-state index contributed by atoms with van der Waals surface area (Å²) in [6, 6.07) is 5.95. The zero-order chi connectivity index (χ0) is 14.8. The third-order valence-electron chi connectivity index (χ3n) is 3.42. The molecule has 0 aromatic heterocycles. The molecule has 1 aromatic rings. The number of aryl methyl sites for hydroxylation is 1. The van der Waals surface area contributed by atoms with Crippen LogP contribution in [0.2, 0.25) is 0 Å². The fourth-order valence-electron chi connectivity index (χ4n) is 2.20. The topological polar surface area (TPSA) is 58.2 Å². The van der Waals surface area contributed by atoms with Crippen LogP contribution in [0.3, 0.4) is 0 Å². The highest BCUT2D eigenvalue weighted by Gasteiger charge is 2.21. The van der Waals surface area contributed by atoms with Crippen molar-refractivity contribution in [2.45, 2.75) is 63.6 Å². The summed E-state index contributed by atoms with van der Waals surface area (Å²) in [5, 5.41) is 3.45. The van der Waals surface area contributed by atoms with Crippen molar-refractivity contribution in [2.75, 3.05) is 0 Å². The maximum atomic E-state index is 12.2. The molecule has 0 bridgehead atoms. The minimum Gasteiger partial charge on any atom is -0.310 e. The third-order valence-corrected chi connectivity index (χ3v) is 5.07. The van der Waals surface area contributed by atoms with Crippen molar-refractivity contribution in [3.63, 3.8) is 0 Å². The molecule has 0 spiro atoms. The van der Waals surface area contributed by atoms with Crippen LogP contribution in [-0.2, 0) is 23.0 Å². The summed E-state index contributed by atoms with van der Waals surface area (Å²) in [7, 11) is -3.41. The van der Waals surface area contributed by atoms with E-state index in [-0.39, 0.29) is 6.04 Å². The van der Waals surface area contributed by atoms with Gasteiger partial charge in [-0.1, -0.05) is 13.0 Å². The Bertz CT molecular complexity index is 563. The summed E-state index contributed by atoms with van der Waals surface area (Å²) in [5.41, 5.74) is 2.30. The van der Waals surface area contributed by atoms with E-state index >= 15 is 0 Å². The molecule has 1 saturated carbocycles. The van der Waals surface area contributed by atoms with E-state index < -0.39 is 10.0 Å². The van der Waals surface area contributed by atoms with E-state index in [1.54, 1.807) is 12.1 Å². The fraction of sp³-hybridized carbons (Fsp3) is 0.600. The van der Waals surface area contributed by atoms with E-state index in [9.17, 15) is 8.42 Å². The molecule has 1 fully saturated rings. The molecule has 1 aromatic carbocycles. The van der Waals surface area contributed by atoms with Crippen molar-refractivity contribution in [2.24, 2.45) is 0 Å². The van der Waals surface area contributed by atoms with Gasteiger partial charge in [-0.2, -0.15) is 0 Å². The molecule has 0 radical (unpaired) electrons. The first kappa shape index (κ1) is 15.5. The monoisotopic (exact) mass is 296 g/mol. The second kappa shape index (κ2) is 6.24. The van der Waals surface area contributed by atoms with E-state index in [2.05, 4.69) is 17.0 Å². The normalized spacial score (nSPS) is 15.8. The molecule has 5 heteroatoms. The Morgan fingerprint density at radius 3 is 2.50 bits per heavy atom. The lowest BCUT2D eigenvalue weighted by atomic mass is 10.1. The lowest BCUT2D eigenvalue weighted by Gasteiger charge is -2.14. The first-order chi connectivity index (χ1) is 9.42. The van der Waals surface area contributed by atoms with E-state index in [0.717, 1.165) is 18.5 Å². The zero-order valence-corrected chi connectivity index (χ0v) is 13.3. The van der Waals surface area contributed by atoms with Gasteiger partial charge in [0.05, 0.1) is 4.90 Å². The zero-order valence-electron chi connectivity index (χ0n) is 12.4. The molecule has 0 aliphatic heterocycles. The van der Waals surface area contributed by atoms with Crippen molar-refractivity contribution < 1.29 is 8.42 Å². The standard InChI is InChI=1S/C15H24N2O2S/c1-4-12-5-8-15(20(18,19)17-11(2)3)9-13(12)10-16-14-6-7-14/h5,8-9,11,14,16-17H,4,6-7,10H2,1-3H3. The van der Waals surface area contributed by atoms with E-state index in [4.69, 9.17) is 0 Å². The Kier molecular flexibility index (Phi) is 4.83. The minimum atomic E-state index is -3.41. The Balaban J connectivity index is 2.23. The first-order valence-corrected chi connectivity index (χ1v) is 8.78. The Hall–Kier alpha value is -0.910. The molecular weight excluding hydrogens is 272 g/mol. The highest BCUT2D eigenvalue weighted by Crippen LogP contribution is 2.22. The molecule has 0 saturated heterocycles. The summed E-state index contributed by atoms with van der Waals surface area (Å²) in [6.07, 6.45) is 3.38. The predicted octanol–water partition coefficient (Wildman–Crippen LogP) is 2.19. The molecule has 2 rings (SSSR count). The number of nitrogens with one attached hydrogen (secondary N) is 2. The molecule has 1 aliphatic rings. The predicted molar refractivity (Wildman–Crippen MR) is 81.1 cm³/mol. The van der Waals surface area contributed by atoms with Gasteiger partial charge in [0.25, 0.3) is 0 Å². The summed E-state index contributed by atoms with van der Waals surface area (Å²) in [4.78, 5) is 0.357. The smallest absolute Gasteiger partial charge is 0.240 e. The van der Waals surface area contributed by atoms with Crippen molar-refractivity contribution in [3.8, 4) is 0 Å². The van der Waals surface area contributed by atoms with Gasteiger partial charge in [-0.15, -0.1) is 0 Å². The van der Waals surface area contributed by atoms with Gasteiger partial charge in [-0.25, -0.2) is 13.1 Å². The molecule has 20 heavy (non-hydrogen) atoms. The molecule has 0 atom stereocenters. The highest BCUT2D eigenvalue weighted by molar-refractivity contribution is 7.89. The third kappa shape index (κ3) is 4.04. The quantitative estimate of drug-likeness (QED) is 0.811. The van der Waals surface area contributed by atoms with Gasteiger partial charge < -0.3 is 5.32 Å². The van der Waals surface area contributed by atoms with Crippen LogP contribution in [0, 0.1) is 0 Å². The summed E-state index contributed by atoms with van der Waals surface area (Å²) in [6.45, 7) is 6.50. The maximum Gasteiger partial charge on any atom is 0.240 e. The number of sulfonamides is 1. The minimum absolute atomic E-state index is 0.0982. The van der Waals surface area contributed by atoms with E-state index in [1.807, 2.05) is 19.9 Å². The van der Waals surface area contributed by atoms with Crippen molar-refractivity contribution in [3.05, 3.63) is 29.3 Å². The van der Waals surface area contributed by atoms with Crippen LogP contribution in [0.15, 0.2) is 23.1 Å². The van der Waals surface area contributed by atoms with Crippen molar-refractivity contribution in [1.82, 2.24) is 10.0 Å². The van der Waals surface area contributed by atoms with Crippen LogP contribution in [0.25, 0.3) is 0 Å². The van der Waals surface area contributed by atoms with E-state index in [0.29, 0.717) is 10.9 Å². The summed E-state index contributed by atoms with van der Waals surface area (Å²) >= 11 is 0. The lowest BCUT2D eigenvalue weighted by molar-refractivity contribution is 0.569. The van der Waals surface area contributed by atoms with Crippen molar-refractivity contribution in [1.29, 1.82) is 0 Å². The van der Waals surface area contributed by atoms with Crippen LogP contribution in [0.1, 0.15) is 44.7 Å². The molecule has 0 heterocycles. The number of hydrogen-bond donors (Lipinski definition) is 2. The second-order valence-corrected chi connectivity index (χ2v) is 7.43. The average Bonchev–Trinajstić information content (AvgIpc) is 3.18. The van der Waals surface area contributed by atoms with Crippen LogP contribution < -0.4 is 10.0 Å². The highest BCUT2D eigenvalue weighted by atomic mass is 32.2. The molecule has 2 N–H and O–H groups in total. The van der Waals surface area contributed by atoms with Gasteiger partial charge in [0.2, 0.25) is 10.0 Å². The number of benzene rings is 1. The van der Waals surface area contributed by atoms with Crippen LogP contribution >= 0.6 is 0 Å². The van der Waals surface area contributed by atoms with Gasteiger partial charge in [-0.05, 0) is 56.4 Å². The Morgan fingerprint density at radius 2 is 1.95 bits per heavy atom. The molecular formula is C15H24N2O2S. The SMILES string of the molecule is CCc1ccc(S(=O)(=O)NC(C)C)cc1CNC1CC1. The van der Waals surface area contributed by atoms with Crippen LogP contribution in [0.5, 0.6) is 0 Å². The van der Waals surface area contributed by atoms with Gasteiger partial charge in [-0.3, -0.25) is 0 Å². The van der Waals surface area contributed by atoms with Crippen LogP contribution in [0.4, 0.5) is 0 Å². The van der Waals surface area contributed by atoms with Gasteiger partial charge >= 0.3 is 0 Å². The van der Waals surface area contributed by atoms with Gasteiger partial charge in [0.1, 0.15) is 0 Å². The fourth-order valence-corrected chi connectivity index (χ4v) is 3.50. The summed E-state index contributed by atoms with van der Waals surface area (Å²) < 4.78 is 27.1. The maximum absolute atomic E-state index is 12.2. The van der Waals surface area contributed by atoms with Gasteiger partial charge in [0.15, 0.2) is 0 Å². The number of rotatable bonds is 7. The summed E-state index contributed by atoms with van der Waals surface area (Å²) in [5.74, 6) is 0. The van der Waals surface area contributed by atoms with Crippen LogP contribution in [-0.4, -0.2) is 20.5 Å². The van der Waals surface area contributed by atoms with Gasteiger partial charge in [0, 0.05) is 18.6 Å². The Morgan fingerprint density at radius 1 is 1.25 bits per heavy atom. The first-order valence-electron chi connectivity index (χ1n) is 7.30. The second-order valence-electron chi connectivity index (χ2n) is 5.72.